The smallest absolute Gasteiger partial charge is 0.205 e. The quantitative estimate of drug-likeness (QED) is 0.931. The lowest BCUT2D eigenvalue weighted by molar-refractivity contribution is 0.651. The second-order valence-corrected chi connectivity index (χ2v) is 6.35. The van der Waals surface area contributed by atoms with E-state index in [0.717, 1.165) is 48.5 Å². The van der Waals surface area contributed by atoms with Crippen LogP contribution >= 0.6 is 11.5 Å². The Morgan fingerprint density at radius 1 is 1.14 bits per heavy atom. The van der Waals surface area contributed by atoms with Crippen LogP contribution in [0.5, 0.6) is 0 Å². The fourth-order valence-corrected chi connectivity index (χ4v) is 3.49. The van der Waals surface area contributed by atoms with Gasteiger partial charge in [-0.25, -0.2) is 4.98 Å². The van der Waals surface area contributed by atoms with Crippen LogP contribution in [0.2, 0.25) is 0 Å². The molecule has 1 saturated heterocycles. The van der Waals surface area contributed by atoms with Crippen LogP contribution in [-0.4, -0.2) is 40.5 Å². The summed E-state index contributed by atoms with van der Waals surface area (Å²) in [5.41, 5.74) is 7.83. The highest BCUT2D eigenvalue weighted by molar-refractivity contribution is 7.09. The standard InChI is InChI=1S/C14H18N6S/c15-11-9-16-4-3-12(11)19-5-7-20(8-6-19)14-17-13(18-21-14)10-1-2-10/h3-4,9-10H,1-2,5-8,15H2. The number of nitrogens with zero attached hydrogens (tertiary/aromatic N) is 5. The predicted octanol–water partition coefficient (Wildman–Crippen LogP) is 1.72. The molecule has 0 atom stereocenters. The average molecular weight is 302 g/mol. The Morgan fingerprint density at radius 3 is 2.62 bits per heavy atom. The number of nitrogen functional groups attached to an aromatic ring is 1. The molecule has 0 amide bonds. The largest absolute Gasteiger partial charge is 0.396 e. The third-order valence-electron chi connectivity index (χ3n) is 4.09. The van der Waals surface area contributed by atoms with Crippen LogP contribution in [0.25, 0.3) is 0 Å². The van der Waals surface area contributed by atoms with Crippen LogP contribution in [0, 0.1) is 0 Å². The number of piperazine rings is 1. The van der Waals surface area contributed by atoms with E-state index in [0.29, 0.717) is 5.92 Å². The molecule has 0 radical (unpaired) electrons. The molecule has 21 heavy (non-hydrogen) atoms. The molecule has 1 saturated carbocycles. The normalized spacial score (nSPS) is 19.0. The second kappa shape index (κ2) is 5.14. The summed E-state index contributed by atoms with van der Waals surface area (Å²) in [6, 6.07) is 1.99. The molecule has 0 bridgehead atoms. The van der Waals surface area contributed by atoms with Crippen molar-refractivity contribution in [1.29, 1.82) is 0 Å². The fourth-order valence-electron chi connectivity index (χ4n) is 2.69. The highest BCUT2D eigenvalue weighted by atomic mass is 32.1. The zero-order chi connectivity index (χ0) is 14.2. The molecule has 2 aromatic rings. The number of hydrogen-bond donors (Lipinski definition) is 1. The number of aromatic nitrogens is 3. The van der Waals surface area contributed by atoms with Gasteiger partial charge in [-0.3, -0.25) is 4.98 Å². The van der Waals surface area contributed by atoms with E-state index < -0.39 is 0 Å². The van der Waals surface area contributed by atoms with Gasteiger partial charge in [0, 0.05) is 49.8 Å². The molecule has 2 aromatic heterocycles. The molecule has 0 unspecified atom stereocenters. The van der Waals surface area contributed by atoms with E-state index in [9.17, 15) is 0 Å². The van der Waals surface area contributed by atoms with Crippen LogP contribution in [0.15, 0.2) is 18.5 Å². The Balaban J connectivity index is 1.43. The molecule has 6 nitrogen and oxygen atoms in total. The number of anilines is 3. The van der Waals surface area contributed by atoms with Gasteiger partial charge in [0.05, 0.1) is 17.6 Å². The topological polar surface area (TPSA) is 71.2 Å². The van der Waals surface area contributed by atoms with E-state index in [-0.39, 0.29) is 0 Å². The first-order valence-electron chi connectivity index (χ1n) is 7.34. The van der Waals surface area contributed by atoms with Crippen LogP contribution in [0.4, 0.5) is 16.5 Å². The van der Waals surface area contributed by atoms with Gasteiger partial charge in [-0.2, -0.15) is 4.37 Å². The van der Waals surface area contributed by atoms with E-state index in [1.165, 1.54) is 24.4 Å². The third kappa shape index (κ3) is 2.53. The minimum atomic E-state index is 0.632. The zero-order valence-electron chi connectivity index (χ0n) is 11.8. The highest BCUT2D eigenvalue weighted by Gasteiger charge is 2.29. The maximum atomic E-state index is 6.00. The van der Waals surface area contributed by atoms with Gasteiger partial charge in [0.15, 0.2) is 0 Å². The third-order valence-corrected chi connectivity index (χ3v) is 4.88. The Kier molecular flexibility index (Phi) is 3.14. The van der Waals surface area contributed by atoms with Crippen LogP contribution < -0.4 is 15.5 Å². The van der Waals surface area contributed by atoms with Gasteiger partial charge < -0.3 is 15.5 Å². The van der Waals surface area contributed by atoms with Gasteiger partial charge in [0.25, 0.3) is 0 Å². The molecule has 4 rings (SSSR count). The fraction of sp³-hybridized carbons (Fsp3) is 0.500. The van der Waals surface area contributed by atoms with Crippen molar-refractivity contribution in [1.82, 2.24) is 14.3 Å². The summed E-state index contributed by atoms with van der Waals surface area (Å²) in [6.45, 7) is 3.82. The lowest BCUT2D eigenvalue weighted by Gasteiger charge is -2.36. The number of rotatable bonds is 3. The van der Waals surface area contributed by atoms with E-state index in [1.807, 2.05) is 6.07 Å². The molecule has 1 aliphatic heterocycles. The van der Waals surface area contributed by atoms with Crippen LogP contribution in [0.3, 0.4) is 0 Å². The first-order chi connectivity index (χ1) is 10.3. The predicted molar refractivity (Wildman–Crippen MR) is 85.0 cm³/mol. The SMILES string of the molecule is Nc1cnccc1N1CCN(c2nc(C3CC3)ns2)CC1. The van der Waals surface area contributed by atoms with E-state index in [2.05, 4.69) is 19.2 Å². The molecule has 1 aliphatic carbocycles. The summed E-state index contributed by atoms with van der Waals surface area (Å²) in [4.78, 5) is 13.4. The van der Waals surface area contributed by atoms with E-state index in [1.54, 1.807) is 12.4 Å². The van der Waals surface area contributed by atoms with Gasteiger partial charge in [0.1, 0.15) is 5.82 Å². The monoisotopic (exact) mass is 302 g/mol. The maximum absolute atomic E-state index is 6.00. The highest BCUT2D eigenvalue weighted by Crippen LogP contribution is 2.39. The molecule has 7 heteroatoms. The molecule has 2 N–H and O–H groups in total. The minimum absolute atomic E-state index is 0.632. The number of pyridine rings is 1. The van der Waals surface area contributed by atoms with Crippen molar-refractivity contribution in [3.63, 3.8) is 0 Å². The molecule has 2 aliphatic rings. The van der Waals surface area contributed by atoms with Gasteiger partial charge in [-0.1, -0.05) is 0 Å². The Bertz CT molecular complexity index is 630. The van der Waals surface area contributed by atoms with Gasteiger partial charge in [0.2, 0.25) is 5.13 Å². The van der Waals surface area contributed by atoms with Crippen molar-refractivity contribution in [3.8, 4) is 0 Å². The van der Waals surface area contributed by atoms with Crippen LogP contribution in [-0.2, 0) is 0 Å². The maximum Gasteiger partial charge on any atom is 0.205 e. The van der Waals surface area contributed by atoms with Gasteiger partial charge >= 0.3 is 0 Å². The second-order valence-electron chi connectivity index (χ2n) is 5.62. The van der Waals surface area contributed by atoms with Gasteiger partial charge in [-0.15, -0.1) is 0 Å². The molecular formula is C14H18N6S. The van der Waals surface area contributed by atoms with Crippen molar-refractivity contribution in [2.45, 2.75) is 18.8 Å². The molecule has 0 aromatic carbocycles. The van der Waals surface area contributed by atoms with Crippen LogP contribution in [0.1, 0.15) is 24.6 Å². The van der Waals surface area contributed by atoms with E-state index >= 15 is 0 Å². The first kappa shape index (κ1) is 12.8. The lowest BCUT2D eigenvalue weighted by Crippen LogP contribution is -2.46. The first-order valence-corrected chi connectivity index (χ1v) is 8.11. The molecule has 0 spiro atoms. The van der Waals surface area contributed by atoms with Gasteiger partial charge in [-0.05, 0) is 18.9 Å². The summed E-state index contributed by atoms with van der Waals surface area (Å²) in [5.74, 6) is 1.68. The van der Waals surface area contributed by atoms with Crippen molar-refractivity contribution in [3.05, 3.63) is 24.3 Å². The molecular weight excluding hydrogens is 284 g/mol. The summed E-state index contributed by atoms with van der Waals surface area (Å²) in [6.07, 6.45) is 6.02. The minimum Gasteiger partial charge on any atom is -0.396 e. The Morgan fingerprint density at radius 2 is 1.90 bits per heavy atom. The van der Waals surface area contributed by atoms with E-state index in [4.69, 9.17) is 10.7 Å². The molecule has 110 valence electrons. The summed E-state index contributed by atoms with van der Waals surface area (Å²) in [5, 5.41) is 1.07. The summed E-state index contributed by atoms with van der Waals surface area (Å²) < 4.78 is 4.49. The number of hydrogen-bond acceptors (Lipinski definition) is 7. The summed E-state index contributed by atoms with van der Waals surface area (Å²) >= 11 is 1.54. The van der Waals surface area contributed by atoms with Crippen molar-refractivity contribution < 1.29 is 0 Å². The molecule has 3 heterocycles. The Labute approximate surface area is 127 Å². The van der Waals surface area contributed by atoms with Crippen molar-refractivity contribution >= 4 is 28.0 Å². The zero-order valence-corrected chi connectivity index (χ0v) is 12.6. The molecule has 2 fully saturated rings. The number of nitrogens with two attached hydrogens (primary N) is 1. The van der Waals surface area contributed by atoms with Crippen molar-refractivity contribution in [2.75, 3.05) is 41.7 Å². The summed E-state index contributed by atoms with van der Waals surface area (Å²) in [7, 11) is 0. The lowest BCUT2D eigenvalue weighted by atomic mass is 10.2. The average Bonchev–Trinajstić information content (AvgIpc) is 3.26. The Hall–Kier alpha value is -1.89. The van der Waals surface area contributed by atoms with Crippen molar-refractivity contribution in [2.24, 2.45) is 0 Å².